The van der Waals surface area contributed by atoms with Crippen molar-refractivity contribution in [1.82, 2.24) is 15.0 Å². The normalized spacial score (nSPS) is 11.3. The Kier molecular flexibility index (Phi) is 18.5. The van der Waals surface area contributed by atoms with Crippen molar-refractivity contribution < 1.29 is 44.9 Å². The van der Waals surface area contributed by atoms with E-state index in [4.69, 9.17) is 28.7 Å². The second kappa shape index (κ2) is 28.9. The van der Waals surface area contributed by atoms with E-state index in [9.17, 15) is 0 Å². The summed E-state index contributed by atoms with van der Waals surface area (Å²) in [6, 6.07) is 70.3. The van der Waals surface area contributed by atoms with E-state index in [1.807, 2.05) is 98.3 Å². The van der Waals surface area contributed by atoms with Gasteiger partial charge in [0.25, 0.3) is 0 Å². The fraction of sp³-hybridized carbons (Fsp3) is 0.126. The number of benzene rings is 7. The van der Waals surface area contributed by atoms with Crippen LogP contribution in [0.3, 0.4) is 0 Å². The van der Waals surface area contributed by atoms with Crippen LogP contribution in [0.2, 0.25) is 0 Å². The number of furan rings is 5. The zero-order chi connectivity index (χ0) is 75.3. The number of nitrogens with zero attached hydrogens (tertiary/aromatic N) is 9. The highest BCUT2D eigenvalue weighted by Gasteiger charge is 2.26. The predicted molar refractivity (Wildman–Crippen MR) is 434 cm³/mol. The number of pyridine rings is 8. The van der Waals surface area contributed by atoms with Crippen LogP contribution in [0, 0.1) is 55.0 Å². The Balaban J connectivity index is 0.000000104. The molecule has 13 heterocycles. The van der Waals surface area contributed by atoms with Crippen LogP contribution in [0.5, 0.6) is 0 Å². The van der Waals surface area contributed by atoms with Crippen molar-refractivity contribution in [2.75, 3.05) is 0 Å². The molecular formula is C95H80N9O5+5. The first-order valence-corrected chi connectivity index (χ1v) is 36.3. The molecule has 0 aliphatic heterocycles. The summed E-state index contributed by atoms with van der Waals surface area (Å²) in [5, 5.41) is 11.2. The zero-order valence-corrected chi connectivity index (χ0v) is 63.0. The van der Waals surface area contributed by atoms with Gasteiger partial charge >= 0.3 is 0 Å². The van der Waals surface area contributed by atoms with Gasteiger partial charge in [0.2, 0.25) is 39.9 Å². The number of aromatic nitrogens is 8. The summed E-state index contributed by atoms with van der Waals surface area (Å²) in [7, 11) is 10.3. The van der Waals surface area contributed by atoms with Crippen LogP contribution in [0.15, 0.2) is 290 Å². The number of rotatable bonds is 5. The maximum Gasteiger partial charge on any atom is 0.229 e. The summed E-state index contributed by atoms with van der Waals surface area (Å²) in [5.74, 6) is 0. The van der Waals surface area contributed by atoms with E-state index in [2.05, 4.69) is 271 Å². The predicted octanol–water partition coefficient (Wildman–Crippen LogP) is 21.3. The molecule has 0 unspecified atom stereocenters. The Morgan fingerprint density at radius 3 is 1.36 bits per heavy atom. The van der Waals surface area contributed by atoms with Gasteiger partial charge in [-0.1, -0.05) is 66.7 Å². The molecule has 530 valence electrons. The minimum Gasteiger partial charge on any atom is -0.467 e. The lowest BCUT2D eigenvalue weighted by Gasteiger charge is -2.08. The van der Waals surface area contributed by atoms with E-state index in [-0.39, 0.29) is 0 Å². The molecule has 109 heavy (non-hydrogen) atoms. The SMILES string of the molecule is Cc1c(-c2cccc[n+]2C)cc2oc3ccccc3c2c1C.Cc1ccc2c(oc3ccncc32)c1-c1cccc[n+]1C.Cc1ccc2c(oc3cnccc32)c1-c1cccc[n+]1C.Cc1ccc2c(oc3ncccc32)c1-c1cccc[n+]1C.[C-]#[N+]c1ccc(C)c2c1oc1cc(-c3cccc[n+]3C)c(C)cc12. The lowest BCUT2D eigenvalue weighted by Crippen LogP contribution is -2.30. The van der Waals surface area contributed by atoms with Crippen LogP contribution in [0.4, 0.5) is 5.69 Å². The van der Waals surface area contributed by atoms with Crippen LogP contribution < -0.4 is 22.8 Å². The Morgan fingerprint density at radius 1 is 0.303 bits per heavy atom. The van der Waals surface area contributed by atoms with Gasteiger partial charge in [-0.3, -0.25) is 9.97 Å². The highest BCUT2D eigenvalue weighted by Crippen LogP contribution is 2.43. The molecule has 0 atom stereocenters. The molecule has 14 nitrogen and oxygen atoms in total. The molecule has 0 saturated heterocycles. The lowest BCUT2D eigenvalue weighted by molar-refractivity contribution is -0.660. The number of hydrogen-bond acceptors (Lipinski definition) is 8. The van der Waals surface area contributed by atoms with Crippen LogP contribution in [-0.4, -0.2) is 15.0 Å². The number of hydrogen-bond donors (Lipinski definition) is 0. The molecule has 20 rings (SSSR count). The monoisotopic (exact) mass is 1430 g/mol. The fourth-order valence-corrected chi connectivity index (χ4v) is 15.3. The summed E-state index contributed by atoms with van der Waals surface area (Å²) >= 11 is 0. The van der Waals surface area contributed by atoms with Crippen LogP contribution in [0.1, 0.15) is 38.9 Å². The fourth-order valence-electron chi connectivity index (χ4n) is 15.3. The Morgan fingerprint density at radius 2 is 0.771 bits per heavy atom. The first-order chi connectivity index (χ1) is 53.0. The second-order valence-electron chi connectivity index (χ2n) is 27.9. The molecule has 0 aliphatic carbocycles. The van der Waals surface area contributed by atoms with Crippen molar-refractivity contribution in [2.24, 2.45) is 35.2 Å². The molecule has 0 bridgehead atoms. The van der Waals surface area contributed by atoms with Gasteiger partial charge in [0.1, 0.15) is 74.3 Å². The van der Waals surface area contributed by atoms with Gasteiger partial charge in [-0.05, 0) is 166 Å². The summed E-state index contributed by atoms with van der Waals surface area (Å²) in [6.07, 6.45) is 19.2. The molecule has 0 saturated carbocycles. The largest absolute Gasteiger partial charge is 0.467 e. The molecule has 0 radical (unpaired) electrons. The van der Waals surface area contributed by atoms with Gasteiger partial charge in [-0.15, -0.1) is 0 Å². The van der Waals surface area contributed by atoms with E-state index in [1.54, 1.807) is 24.8 Å². The molecule has 20 aromatic rings. The maximum absolute atomic E-state index is 7.38. The zero-order valence-electron chi connectivity index (χ0n) is 63.0. The third-order valence-corrected chi connectivity index (χ3v) is 21.0. The first kappa shape index (κ1) is 69.6. The molecule has 7 aromatic carbocycles. The van der Waals surface area contributed by atoms with Crippen molar-refractivity contribution in [3.8, 4) is 56.3 Å². The molecule has 0 N–H and O–H groups in total. The average molecular weight is 1430 g/mol. The third kappa shape index (κ3) is 12.7. The van der Waals surface area contributed by atoms with Crippen LogP contribution >= 0.6 is 0 Å². The number of para-hydroxylation sites is 1. The van der Waals surface area contributed by atoms with Crippen molar-refractivity contribution in [3.63, 3.8) is 0 Å². The molecular weight excluding hydrogens is 1350 g/mol. The number of fused-ring (bicyclic) bond motifs is 15. The average Bonchev–Trinajstić information content (AvgIpc) is 1.77. The quantitative estimate of drug-likeness (QED) is 0.123. The second-order valence-corrected chi connectivity index (χ2v) is 27.9. The van der Waals surface area contributed by atoms with Gasteiger partial charge in [-0.2, -0.15) is 0 Å². The molecule has 0 amide bonds. The van der Waals surface area contributed by atoms with Crippen molar-refractivity contribution in [1.29, 1.82) is 0 Å². The molecule has 13 aromatic heterocycles. The summed E-state index contributed by atoms with van der Waals surface area (Å²) < 4.78 is 41.0. The lowest BCUT2D eigenvalue weighted by atomic mass is 9.95. The number of aryl methyl sites for hydroxylation is 11. The first-order valence-electron chi connectivity index (χ1n) is 36.3. The molecule has 14 heteroatoms. The minimum atomic E-state index is 0.566. The van der Waals surface area contributed by atoms with Gasteiger partial charge in [0, 0.05) is 139 Å². The summed E-state index contributed by atoms with van der Waals surface area (Å²) in [4.78, 5) is 16.3. The van der Waals surface area contributed by atoms with E-state index >= 15 is 0 Å². The van der Waals surface area contributed by atoms with E-state index < -0.39 is 0 Å². The maximum atomic E-state index is 7.38. The van der Waals surface area contributed by atoms with Crippen molar-refractivity contribution in [3.05, 3.63) is 319 Å². The summed E-state index contributed by atoms with van der Waals surface area (Å²) in [6.45, 7) is 22.3. The topological polar surface area (TPSA) is 128 Å². The van der Waals surface area contributed by atoms with Gasteiger partial charge in [-0.25, -0.2) is 32.7 Å². The van der Waals surface area contributed by atoms with E-state index in [0.29, 0.717) is 17.0 Å². The molecule has 0 fully saturated rings. The molecule has 0 aliphatic rings. The van der Waals surface area contributed by atoms with Crippen LogP contribution in [-0.2, 0) is 35.2 Å². The van der Waals surface area contributed by atoms with E-state index in [1.165, 1.54) is 55.4 Å². The Bertz CT molecular complexity index is 6620. The third-order valence-electron chi connectivity index (χ3n) is 21.0. The van der Waals surface area contributed by atoms with E-state index in [0.717, 1.165) is 138 Å². The van der Waals surface area contributed by atoms with Gasteiger partial charge < -0.3 is 22.1 Å². The van der Waals surface area contributed by atoms with Crippen molar-refractivity contribution in [2.45, 2.75) is 48.5 Å². The van der Waals surface area contributed by atoms with Crippen LogP contribution in [0.25, 0.3) is 171 Å². The molecule has 0 spiro atoms. The minimum absolute atomic E-state index is 0.566. The smallest absolute Gasteiger partial charge is 0.229 e. The van der Waals surface area contributed by atoms with Crippen molar-refractivity contribution >= 4 is 116 Å². The Hall–Kier alpha value is -13.8. The van der Waals surface area contributed by atoms with Gasteiger partial charge in [0.15, 0.2) is 42.2 Å². The summed E-state index contributed by atoms with van der Waals surface area (Å²) in [5.41, 5.74) is 29.3. The van der Waals surface area contributed by atoms with Gasteiger partial charge in [0.05, 0.1) is 40.6 Å². The standard InChI is InChI=1S/C21H17N2O.C20H18NO.3C18H15N2O/c1-13-8-9-17(22-3)21-20(13)16-11-14(2)15(12-19(16)24-21)18-7-5-6-10-23(18)4;1-13-14(2)20-15-8-4-5-10-18(15)22-19(20)12-16(13)17-9-6-7-11-21(17)3;1-12-8-9-13-14-6-5-10-19-18(14)21-17(13)16(12)15-7-3-4-11-20(15)2;1-12-6-7-14-13-8-9-19-11-16(13)21-18(14)17(12)15-5-3-4-10-20(15)2;1-12-6-7-13-14-11-19-9-8-16(14)21-18(13)17(12)15-5-3-4-10-20(15)2/h5-12H,1-2,4H3;4-12H,1-3H3;3*3-11H,1-2H3/q5*+1. The Labute approximate surface area is 630 Å². The highest BCUT2D eigenvalue weighted by atomic mass is 16.3. The highest BCUT2D eigenvalue weighted by molar-refractivity contribution is 6.14.